The van der Waals surface area contributed by atoms with Crippen LogP contribution < -0.4 is 0 Å². The third-order valence-electron chi connectivity index (χ3n) is 4.68. The zero-order chi connectivity index (χ0) is 12.8. The Bertz CT molecular complexity index is 498. The SMILES string of the molecule is Cc1ccc(C2(CC(=O)O)CC2)c2c1CCCC2. The van der Waals surface area contributed by atoms with Crippen LogP contribution in [0.15, 0.2) is 12.1 Å². The highest BCUT2D eigenvalue weighted by Crippen LogP contribution is 2.53. The highest BCUT2D eigenvalue weighted by Gasteiger charge is 2.47. The molecular weight excluding hydrogens is 224 g/mol. The first-order valence-corrected chi connectivity index (χ1v) is 6.96. The van der Waals surface area contributed by atoms with Crippen LogP contribution in [-0.4, -0.2) is 11.1 Å². The Kier molecular flexibility index (Phi) is 2.69. The zero-order valence-electron chi connectivity index (χ0n) is 11.0. The van der Waals surface area contributed by atoms with E-state index in [2.05, 4.69) is 19.1 Å². The Hall–Kier alpha value is -1.31. The average molecular weight is 244 g/mol. The summed E-state index contributed by atoms with van der Waals surface area (Å²) in [7, 11) is 0. The van der Waals surface area contributed by atoms with Crippen LogP contribution in [-0.2, 0) is 23.1 Å². The molecule has 0 aliphatic heterocycles. The molecule has 2 aliphatic rings. The Morgan fingerprint density at radius 2 is 1.89 bits per heavy atom. The van der Waals surface area contributed by atoms with E-state index in [0.29, 0.717) is 6.42 Å². The van der Waals surface area contributed by atoms with Gasteiger partial charge in [0.05, 0.1) is 6.42 Å². The number of hydrogen-bond acceptors (Lipinski definition) is 1. The smallest absolute Gasteiger partial charge is 0.304 e. The van der Waals surface area contributed by atoms with Crippen LogP contribution >= 0.6 is 0 Å². The molecule has 96 valence electrons. The quantitative estimate of drug-likeness (QED) is 0.885. The van der Waals surface area contributed by atoms with Crippen LogP contribution in [0.2, 0.25) is 0 Å². The monoisotopic (exact) mass is 244 g/mol. The molecule has 0 amide bonds. The molecule has 0 unspecified atom stereocenters. The average Bonchev–Trinajstić information content (AvgIpc) is 3.09. The Morgan fingerprint density at radius 1 is 1.22 bits per heavy atom. The molecular formula is C16H20O2. The summed E-state index contributed by atoms with van der Waals surface area (Å²) in [5.41, 5.74) is 5.71. The minimum absolute atomic E-state index is 0.0268. The van der Waals surface area contributed by atoms with Gasteiger partial charge in [-0.3, -0.25) is 4.79 Å². The van der Waals surface area contributed by atoms with E-state index in [1.165, 1.54) is 41.5 Å². The number of fused-ring (bicyclic) bond motifs is 1. The van der Waals surface area contributed by atoms with E-state index < -0.39 is 5.97 Å². The second-order valence-electron chi connectivity index (χ2n) is 5.95. The molecule has 3 rings (SSSR count). The third kappa shape index (κ3) is 1.84. The summed E-state index contributed by atoms with van der Waals surface area (Å²) in [5, 5.41) is 9.11. The molecule has 1 saturated carbocycles. The topological polar surface area (TPSA) is 37.3 Å². The first-order chi connectivity index (χ1) is 8.62. The van der Waals surface area contributed by atoms with Gasteiger partial charge in [-0.1, -0.05) is 12.1 Å². The van der Waals surface area contributed by atoms with Gasteiger partial charge in [0.1, 0.15) is 0 Å². The van der Waals surface area contributed by atoms with Gasteiger partial charge in [0, 0.05) is 5.41 Å². The van der Waals surface area contributed by atoms with E-state index in [-0.39, 0.29) is 5.41 Å². The fourth-order valence-electron chi connectivity index (χ4n) is 3.53. The first kappa shape index (κ1) is 11.8. The van der Waals surface area contributed by atoms with E-state index in [0.717, 1.165) is 19.3 Å². The van der Waals surface area contributed by atoms with Crippen molar-refractivity contribution in [3.63, 3.8) is 0 Å². The van der Waals surface area contributed by atoms with Gasteiger partial charge in [0.25, 0.3) is 0 Å². The van der Waals surface area contributed by atoms with Crippen molar-refractivity contribution < 1.29 is 9.90 Å². The highest BCUT2D eigenvalue weighted by molar-refractivity contribution is 5.70. The lowest BCUT2D eigenvalue weighted by Gasteiger charge is -2.25. The molecule has 0 radical (unpaired) electrons. The van der Waals surface area contributed by atoms with Gasteiger partial charge in [0.15, 0.2) is 0 Å². The fourth-order valence-corrected chi connectivity index (χ4v) is 3.53. The number of aliphatic carboxylic acids is 1. The lowest BCUT2D eigenvalue weighted by atomic mass is 9.79. The maximum atomic E-state index is 11.1. The van der Waals surface area contributed by atoms with Crippen LogP contribution in [0.1, 0.15) is 54.4 Å². The fraction of sp³-hybridized carbons (Fsp3) is 0.562. The van der Waals surface area contributed by atoms with Crippen molar-refractivity contribution >= 4 is 5.97 Å². The van der Waals surface area contributed by atoms with Crippen LogP contribution in [0.5, 0.6) is 0 Å². The van der Waals surface area contributed by atoms with Gasteiger partial charge < -0.3 is 5.11 Å². The number of hydrogen-bond donors (Lipinski definition) is 1. The Balaban J connectivity index is 2.05. The summed E-state index contributed by atoms with van der Waals surface area (Å²) < 4.78 is 0. The minimum atomic E-state index is -0.655. The number of benzene rings is 1. The van der Waals surface area contributed by atoms with Gasteiger partial charge in [0.2, 0.25) is 0 Å². The molecule has 1 aromatic carbocycles. The summed E-state index contributed by atoms with van der Waals surface area (Å²) in [6, 6.07) is 4.40. The summed E-state index contributed by atoms with van der Waals surface area (Å²) in [6.45, 7) is 2.19. The predicted octanol–water partition coefficient (Wildman–Crippen LogP) is 3.38. The molecule has 0 heterocycles. The van der Waals surface area contributed by atoms with Crippen LogP contribution in [0, 0.1) is 6.92 Å². The molecule has 2 heteroatoms. The molecule has 2 nitrogen and oxygen atoms in total. The number of aryl methyl sites for hydroxylation is 1. The first-order valence-electron chi connectivity index (χ1n) is 6.96. The van der Waals surface area contributed by atoms with Crippen molar-refractivity contribution in [1.29, 1.82) is 0 Å². The lowest BCUT2D eigenvalue weighted by molar-refractivity contribution is -0.137. The van der Waals surface area contributed by atoms with E-state index in [4.69, 9.17) is 5.11 Å². The van der Waals surface area contributed by atoms with Crippen molar-refractivity contribution in [1.82, 2.24) is 0 Å². The summed E-state index contributed by atoms with van der Waals surface area (Å²) in [5.74, 6) is -0.655. The largest absolute Gasteiger partial charge is 0.481 e. The van der Waals surface area contributed by atoms with Gasteiger partial charge in [-0.15, -0.1) is 0 Å². The second-order valence-corrected chi connectivity index (χ2v) is 5.95. The Labute approximate surface area is 108 Å². The summed E-state index contributed by atoms with van der Waals surface area (Å²) in [6.07, 6.45) is 7.27. The molecule has 1 N–H and O–H groups in total. The lowest BCUT2D eigenvalue weighted by Crippen LogP contribution is -2.18. The van der Waals surface area contributed by atoms with Crippen molar-refractivity contribution in [3.05, 3.63) is 34.4 Å². The molecule has 18 heavy (non-hydrogen) atoms. The Morgan fingerprint density at radius 3 is 2.50 bits per heavy atom. The number of carboxylic acid groups (broad SMARTS) is 1. The van der Waals surface area contributed by atoms with Crippen LogP contribution in [0.25, 0.3) is 0 Å². The van der Waals surface area contributed by atoms with E-state index in [1.54, 1.807) is 0 Å². The molecule has 2 aliphatic carbocycles. The predicted molar refractivity (Wildman–Crippen MR) is 71.0 cm³/mol. The van der Waals surface area contributed by atoms with Gasteiger partial charge in [-0.2, -0.15) is 0 Å². The number of rotatable bonds is 3. The molecule has 0 aromatic heterocycles. The van der Waals surface area contributed by atoms with Crippen molar-refractivity contribution in [3.8, 4) is 0 Å². The van der Waals surface area contributed by atoms with E-state index in [1.807, 2.05) is 0 Å². The summed E-state index contributed by atoms with van der Waals surface area (Å²) >= 11 is 0. The van der Waals surface area contributed by atoms with Gasteiger partial charge in [-0.25, -0.2) is 0 Å². The van der Waals surface area contributed by atoms with Crippen molar-refractivity contribution in [2.75, 3.05) is 0 Å². The van der Waals surface area contributed by atoms with Crippen LogP contribution in [0.4, 0.5) is 0 Å². The van der Waals surface area contributed by atoms with E-state index >= 15 is 0 Å². The third-order valence-corrected chi connectivity index (χ3v) is 4.68. The van der Waals surface area contributed by atoms with Gasteiger partial charge >= 0.3 is 5.97 Å². The number of carboxylic acids is 1. The van der Waals surface area contributed by atoms with Crippen molar-refractivity contribution in [2.45, 2.75) is 57.3 Å². The maximum Gasteiger partial charge on any atom is 0.304 e. The maximum absolute atomic E-state index is 11.1. The highest BCUT2D eigenvalue weighted by atomic mass is 16.4. The molecule has 0 spiro atoms. The van der Waals surface area contributed by atoms with Crippen LogP contribution in [0.3, 0.4) is 0 Å². The second kappa shape index (κ2) is 4.11. The van der Waals surface area contributed by atoms with Crippen molar-refractivity contribution in [2.24, 2.45) is 0 Å². The molecule has 0 saturated heterocycles. The summed E-state index contributed by atoms with van der Waals surface area (Å²) in [4.78, 5) is 11.1. The van der Waals surface area contributed by atoms with Gasteiger partial charge in [-0.05, 0) is 67.7 Å². The zero-order valence-corrected chi connectivity index (χ0v) is 11.0. The number of carbonyl (C=O) groups is 1. The van der Waals surface area contributed by atoms with E-state index in [9.17, 15) is 4.79 Å². The molecule has 1 fully saturated rings. The molecule has 0 bridgehead atoms. The minimum Gasteiger partial charge on any atom is -0.481 e. The normalized spacial score (nSPS) is 20.3. The standard InChI is InChI=1S/C16H20O2/c1-11-6-7-14(13-5-3-2-4-12(11)13)16(8-9-16)10-15(17)18/h6-7H,2-5,8-10H2,1H3,(H,17,18). The molecule has 0 atom stereocenters. The molecule has 1 aromatic rings.